The Bertz CT molecular complexity index is 969. The van der Waals surface area contributed by atoms with E-state index in [2.05, 4.69) is 52.4 Å². The van der Waals surface area contributed by atoms with Gasteiger partial charge >= 0.3 is 0 Å². The van der Waals surface area contributed by atoms with E-state index in [1.807, 2.05) is 48.5 Å². The molecule has 0 fully saturated rings. The van der Waals surface area contributed by atoms with Crippen LogP contribution in [0, 0.1) is 13.8 Å². The number of benzene rings is 3. The van der Waals surface area contributed by atoms with Crippen molar-refractivity contribution in [3.05, 3.63) is 87.4 Å². The average molecular weight is 439 g/mol. The molecular formula is C23H23BrN2O2. The smallest absolute Gasteiger partial charge is 0.161 e. The molecule has 0 aromatic heterocycles. The zero-order chi connectivity index (χ0) is 19.9. The number of hydrazone groups is 1. The molecule has 0 aliphatic rings. The number of aryl methyl sites for hydroxylation is 2. The maximum absolute atomic E-state index is 5.91. The summed E-state index contributed by atoms with van der Waals surface area (Å²) in [6.07, 6.45) is 1.76. The predicted molar refractivity (Wildman–Crippen MR) is 119 cm³/mol. The molecular weight excluding hydrogens is 416 g/mol. The van der Waals surface area contributed by atoms with E-state index in [9.17, 15) is 0 Å². The number of anilines is 1. The maximum atomic E-state index is 5.91. The van der Waals surface area contributed by atoms with Crippen LogP contribution in [0.25, 0.3) is 0 Å². The molecule has 5 heteroatoms. The molecule has 0 unspecified atom stereocenters. The fourth-order valence-electron chi connectivity index (χ4n) is 2.62. The lowest BCUT2D eigenvalue weighted by Gasteiger charge is -2.11. The monoisotopic (exact) mass is 438 g/mol. The van der Waals surface area contributed by atoms with Crippen LogP contribution >= 0.6 is 15.9 Å². The largest absolute Gasteiger partial charge is 0.493 e. The summed E-state index contributed by atoms with van der Waals surface area (Å²) < 4.78 is 12.4. The topological polar surface area (TPSA) is 42.8 Å². The van der Waals surface area contributed by atoms with E-state index in [1.54, 1.807) is 13.3 Å². The van der Waals surface area contributed by atoms with Crippen molar-refractivity contribution in [1.82, 2.24) is 0 Å². The Morgan fingerprint density at radius 3 is 2.43 bits per heavy atom. The summed E-state index contributed by atoms with van der Waals surface area (Å²) in [5.41, 5.74) is 8.52. The highest BCUT2D eigenvalue weighted by molar-refractivity contribution is 9.10. The molecule has 1 N–H and O–H groups in total. The summed E-state index contributed by atoms with van der Waals surface area (Å²) in [7, 11) is 1.63. The molecule has 0 amide bonds. The van der Waals surface area contributed by atoms with Gasteiger partial charge in [-0.15, -0.1) is 0 Å². The molecule has 0 bridgehead atoms. The first-order valence-electron chi connectivity index (χ1n) is 8.97. The number of methoxy groups -OCH3 is 1. The molecule has 0 atom stereocenters. The van der Waals surface area contributed by atoms with Crippen LogP contribution in [-0.4, -0.2) is 13.3 Å². The number of nitrogens with zero attached hydrogens (tertiary/aromatic N) is 1. The quantitative estimate of drug-likeness (QED) is 0.357. The molecule has 0 saturated heterocycles. The molecule has 0 aliphatic heterocycles. The lowest BCUT2D eigenvalue weighted by Crippen LogP contribution is -1.98. The first-order valence-corrected chi connectivity index (χ1v) is 9.76. The second-order valence-corrected chi connectivity index (χ2v) is 7.41. The van der Waals surface area contributed by atoms with Gasteiger partial charge in [-0.25, -0.2) is 0 Å². The summed E-state index contributed by atoms with van der Waals surface area (Å²) in [6.45, 7) is 4.66. The minimum absolute atomic E-state index is 0.478. The van der Waals surface area contributed by atoms with Gasteiger partial charge in [0.2, 0.25) is 0 Å². The standard InChI is InChI=1S/C23H23BrN2O2/c1-16-4-10-21(12-17(16)2)26-25-14-19-7-11-22(23(13-19)27-3)28-15-18-5-8-20(24)9-6-18/h4-14,26H,15H2,1-3H3/b25-14+. The number of nitrogens with one attached hydrogen (secondary N) is 1. The van der Waals surface area contributed by atoms with Crippen LogP contribution in [-0.2, 0) is 6.61 Å². The van der Waals surface area contributed by atoms with Crippen molar-refractivity contribution in [1.29, 1.82) is 0 Å². The van der Waals surface area contributed by atoms with E-state index in [1.165, 1.54) is 11.1 Å². The number of hydrogen-bond acceptors (Lipinski definition) is 4. The Kier molecular flexibility index (Phi) is 6.71. The molecule has 144 valence electrons. The predicted octanol–water partition coefficient (Wildman–Crippen LogP) is 6.10. The van der Waals surface area contributed by atoms with Gasteiger partial charge in [-0.2, -0.15) is 5.10 Å². The second-order valence-electron chi connectivity index (χ2n) is 6.49. The van der Waals surface area contributed by atoms with Crippen LogP contribution in [0.4, 0.5) is 5.69 Å². The van der Waals surface area contributed by atoms with Crippen LogP contribution in [0.15, 0.2) is 70.2 Å². The second kappa shape index (κ2) is 9.42. The Morgan fingerprint density at radius 2 is 1.71 bits per heavy atom. The highest BCUT2D eigenvalue weighted by Gasteiger charge is 2.06. The maximum Gasteiger partial charge on any atom is 0.161 e. The van der Waals surface area contributed by atoms with E-state index in [4.69, 9.17) is 9.47 Å². The van der Waals surface area contributed by atoms with Gasteiger partial charge in [-0.05, 0) is 78.6 Å². The molecule has 0 heterocycles. The van der Waals surface area contributed by atoms with Crippen molar-refractivity contribution in [2.24, 2.45) is 5.10 Å². The molecule has 0 aliphatic carbocycles. The van der Waals surface area contributed by atoms with Crippen LogP contribution in [0.2, 0.25) is 0 Å². The van der Waals surface area contributed by atoms with E-state index >= 15 is 0 Å². The Balaban J connectivity index is 1.64. The van der Waals surface area contributed by atoms with Gasteiger partial charge in [0.1, 0.15) is 6.61 Å². The summed E-state index contributed by atoms with van der Waals surface area (Å²) in [5.74, 6) is 1.37. The van der Waals surface area contributed by atoms with Crippen molar-refractivity contribution < 1.29 is 9.47 Å². The van der Waals surface area contributed by atoms with Crippen molar-refractivity contribution in [3.63, 3.8) is 0 Å². The highest BCUT2D eigenvalue weighted by Crippen LogP contribution is 2.28. The van der Waals surface area contributed by atoms with Gasteiger partial charge in [0.05, 0.1) is 19.0 Å². The molecule has 0 radical (unpaired) electrons. The zero-order valence-electron chi connectivity index (χ0n) is 16.2. The van der Waals surface area contributed by atoms with Gasteiger partial charge in [0, 0.05) is 4.47 Å². The summed E-state index contributed by atoms with van der Waals surface area (Å²) in [5, 5.41) is 4.31. The summed E-state index contributed by atoms with van der Waals surface area (Å²) in [4.78, 5) is 0. The van der Waals surface area contributed by atoms with Gasteiger partial charge in [-0.3, -0.25) is 5.43 Å². The Morgan fingerprint density at radius 1 is 0.929 bits per heavy atom. The van der Waals surface area contributed by atoms with Gasteiger partial charge < -0.3 is 9.47 Å². The van der Waals surface area contributed by atoms with Crippen LogP contribution in [0.5, 0.6) is 11.5 Å². The molecule has 3 aromatic rings. The normalized spacial score (nSPS) is 10.9. The average Bonchev–Trinajstić information content (AvgIpc) is 2.70. The highest BCUT2D eigenvalue weighted by atomic mass is 79.9. The third-order valence-corrected chi connectivity index (χ3v) is 4.94. The molecule has 3 aromatic carbocycles. The van der Waals surface area contributed by atoms with Crippen molar-refractivity contribution in [3.8, 4) is 11.5 Å². The van der Waals surface area contributed by atoms with Gasteiger partial charge in [-0.1, -0.05) is 34.1 Å². The Hall–Kier alpha value is -2.79. The third kappa shape index (κ3) is 5.36. The van der Waals surface area contributed by atoms with E-state index in [-0.39, 0.29) is 0 Å². The van der Waals surface area contributed by atoms with Crippen molar-refractivity contribution >= 4 is 27.8 Å². The molecule has 0 spiro atoms. The van der Waals surface area contributed by atoms with Crippen LogP contribution in [0.3, 0.4) is 0 Å². The summed E-state index contributed by atoms with van der Waals surface area (Å²) in [6, 6.07) is 20.0. The first-order chi connectivity index (χ1) is 13.5. The molecule has 0 saturated carbocycles. The third-order valence-electron chi connectivity index (χ3n) is 4.41. The minimum Gasteiger partial charge on any atom is -0.493 e. The first kappa shape index (κ1) is 20.0. The molecule has 4 nitrogen and oxygen atoms in total. The van der Waals surface area contributed by atoms with Gasteiger partial charge in [0.15, 0.2) is 11.5 Å². The van der Waals surface area contributed by atoms with Crippen molar-refractivity contribution in [2.75, 3.05) is 12.5 Å². The minimum atomic E-state index is 0.478. The van der Waals surface area contributed by atoms with E-state index in [0.29, 0.717) is 18.1 Å². The van der Waals surface area contributed by atoms with Crippen LogP contribution in [0.1, 0.15) is 22.3 Å². The lowest BCUT2D eigenvalue weighted by atomic mass is 10.1. The van der Waals surface area contributed by atoms with E-state index in [0.717, 1.165) is 21.3 Å². The lowest BCUT2D eigenvalue weighted by molar-refractivity contribution is 0.284. The number of rotatable bonds is 7. The Labute approximate surface area is 174 Å². The zero-order valence-corrected chi connectivity index (χ0v) is 17.8. The van der Waals surface area contributed by atoms with E-state index < -0.39 is 0 Å². The summed E-state index contributed by atoms with van der Waals surface area (Å²) >= 11 is 3.44. The van der Waals surface area contributed by atoms with Crippen molar-refractivity contribution in [2.45, 2.75) is 20.5 Å². The molecule has 28 heavy (non-hydrogen) atoms. The SMILES string of the molecule is COc1cc(/C=N/Nc2ccc(C)c(C)c2)ccc1OCc1ccc(Br)cc1. The van der Waals surface area contributed by atoms with Gasteiger partial charge in [0.25, 0.3) is 0 Å². The molecule has 3 rings (SSSR count). The van der Waals surface area contributed by atoms with Crippen LogP contribution < -0.4 is 14.9 Å². The number of halogens is 1. The fourth-order valence-corrected chi connectivity index (χ4v) is 2.88. The fraction of sp³-hybridized carbons (Fsp3) is 0.174. The number of hydrogen-bond donors (Lipinski definition) is 1. The number of ether oxygens (including phenoxy) is 2.